The van der Waals surface area contributed by atoms with Gasteiger partial charge in [0.1, 0.15) is 6.04 Å². The Bertz CT molecular complexity index is 224. The molecule has 0 spiro atoms. The summed E-state index contributed by atoms with van der Waals surface area (Å²) in [5.41, 5.74) is 14.1. The zero-order chi connectivity index (χ0) is 14.4. The lowest BCUT2D eigenvalue weighted by atomic mass is 10.4. The average Bonchev–Trinajstić information content (AvgIpc) is 2.29. The maximum Gasteiger partial charge on any atom is 0.321 e. The van der Waals surface area contributed by atoms with Gasteiger partial charge in [0.15, 0.2) is 0 Å². The first-order chi connectivity index (χ1) is 7.72. The van der Waals surface area contributed by atoms with Gasteiger partial charge in [0.25, 0.3) is 0 Å². The number of hydrogen-bond acceptors (Lipinski definition) is 7. The molecule has 102 valence electrons. The van der Waals surface area contributed by atoms with Crippen LogP contribution < -0.4 is 17.2 Å². The van der Waals surface area contributed by atoms with Gasteiger partial charge in [-0.05, 0) is 0 Å². The number of rotatable bonds is 4. The molecule has 0 amide bonds. The van der Waals surface area contributed by atoms with Crippen LogP contribution in [0.5, 0.6) is 0 Å². The molecule has 0 aromatic rings. The molecule has 0 heterocycles. The summed E-state index contributed by atoms with van der Waals surface area (Å²) in [6.07, 6.45) is 0. The van der Waals surface area contributed by atoms with E-state index in [1.165, 1.54) is 0 Å². The van der Waals surface area contributed by atoms with Gasteiger partial charge in [-0.3, -0.25) is 14.4 Å². The van der Waals surface area contributed by atoms with Crippen molar-refractivity contribution in [2.24, 2.45) is 17.2 Å². The third kappa shape index (κ3) is 31.3. The van der Waals surface area contributed by atoms with Gasteiger partial charge in [0.2, 0.25) is 0 Å². The zero-order valence-electron chi connectivity index (χ0n) is 8.94. The van der Waals surface area contributed by atoms with E-state index in [0.717, 1.165) is 0 Å². The topological polar surface area (TPSA) is 190 Å². The normalized spacial score (nSPS) is 9.88. The number of nitrogens with two attached hydrogens (primary N) is 3. The molecule has 0 aromatic carbocycles. The van der Waals surface area contributed by atoms with Crippen molar-refractivity contribution in [3.8, 4) is 0 Å². The number of thiol groups is 1. The van der Waals surface area contributed by atoms with Crippen molar-refractivity contribution in [2.75, 3.05) is 18.8 Å². The number of carboxylic acids is 3. The molecule has 9 nitrogen and oxygen atoms in total. The first-order valence-electron chi connectivity index (χ1n) is 4.15. The van der Waals surface area contributed by atoms with Crippen molar-refractivity contribution >= 4 is 30.5 Å². The molecule has 0 saturated carbocycles. The highest BCUT2D eigenvalue weighted by molar-refractivity contribution is 7.80. The van der Waals surface area contributed by atoms with Crippen LogP contribution in [0.15, 0.2) is 0 Å². The van der Waals surface area contributed by atoms with Crippen molar-refractivity contribution < 1.29 is 29.7 Å². The summed E-state index contributed by atoms with van der Waals surface area (Å²) in [5.74, 6) is -2.75. The van der Waals surface area contributed by atoms with E-state index in [0.29, 0.717) is 0 Å². The van der Waals surface area contributed by atoms with Gasteiger partial charge in [-0.1, -0.05) is 0 Å². The quantitative estimate of drug-likeness (QED) is 0.268. The van der Waals surface area contributed by atoms with Gasteiger partial charge < -0.3 is 32.5 Å². The van der Waals surface area contributed by atoms with Crippen LogP contribution in [0.3, 0.4) is 0 Å². The van der Waals surface area contributed by atoms with Crippen LogP contribution in [0.25, 0.3) is 0 Å². The maximum atomic E-state index is 9.76. The van der Waals surface area contributed by atoms with Crippen LogP contribution in [0.4, 0.5) is 0 Å². The second-order valence-corrected chi connectivity index (χ2v) is 2.69. The zero-order valence-corrected chi connectivity index (χ0v) is 9.84. The number of hydrogen-bond donors (Lipinski definition) is 7. The molecule has 0 aromatic heterocycles. The summed E-state index contributed by atoms with van der Waals surface area (Å²) in [4.78, 5) is 28.2. The van der Waals surface area contributed by atoms with E-state index in [4.69, 9.17) is 21.1 Å². The summed E-state index contributed by atoms with van der Waals surface area (Å²) in [6.45, 7) is -0.556. The molecule has 0 saturated heterocycles. The van der Waals surface area contributed by atoms with Crippen LogP contribution in [-0.2, 0) is 14.4 Å². The first-order valence-corrected chi connectivity index (χ1v) is 4.79. The largest absolute Gasteiger partial charge is 0.480 e. The summed E-state index contributed by atoms with van der Waals surface area (Å²) in [5, 5.41) is 23.2. The fourth-order valence-electron chi connectivity index (χ4n) is 0.0781. The highest BCUT2D eigenvalue weighted by Crippen LogP contribution is 1.80. The Balaban J connectivity index is -0.000000177. The van der Waals surface area contributed by atoms with Crippen molar-refractivity contribution in [3.63, 3.8) is 0 Å². The molecule has 0 aliphatic carbocycles. The monoisotopic (exact) mass is 271 g/mol. The van der Waals surface area contributed by atoms with Crippen molar-refractivity contribution in [1.29, 1.82) is 0 Å². The van der Waals surface area contributed by atoms with E-state index < -0.39 is 23.9 Å². The number of aliphatic carboxylic acids is 3. The molecule has 0 radical (unpaired) electrons. The number of carbonyl (C=O) groups is 3. The second kappa shape index (κ2) is 14.6. The third-order valence-electron chi connectivity index (χ3n) is 0.863. The first kappa shape index (κ1) is 21.0. The molecule has 1 atom stereocenters. The summed E-state index contributed by atoms with van der Waals surface area (Å²) >= 11 is 3.65. The Morgan fingerprint density at radius 2 is 1.24 bits per heavy atom. The summed E-state index contributed by atoms with van der Waals surface area (Å²) in [6, 6.07) is -0.816. The molecular formula is C7H17N3O6S. The van der Waals surface area contributed by atoms with Crippen molar-refractivity contribution in [3.05, 3.63) is 0 Å². The fraction of sp³-hybridized carbons (Fsp3) is 0.571. The molecule has 9 N–H and O–H groups in total. The molecule has 0 bridgehead atoms. The minimum atomic E-state index is -1.00. The molecule has 10 heteroatoms. The minimum absolute atomic E-state index is 0.190. The Morgan fingerprint density at radius 3 is 1.24 bits per heavy atom. The molecule has 1 unspecified atom stereocenters. The van der Waals surface area contributed by atoms with Crippen LogP contribution in [0.1, 0.15) is 0 Å². The van der Waals surface area contributed by atoms with Gasteiger partial charge in [0, 0.05) is 5.75 Å². The standard InChI is InChI=1S/C3H7NO2S.2C2H5NO2/c4-2(1-7)3(5)6;2*3-1-2(4)5/h2,7H,1,4H2,(H,5,6);2*1,3H2,(H,4,5). The van der Waals surface area contributed by atoms with Gasteiger partial charge in [-0.2, -0.15) is 12.6 Å². The van der Waals surface area contributed by atoms with Crippen LogP contribution in [0.2, 0.25) is 0 Å². The lowest BCUT2D eigenvalue weighted by Gasteiger charge is -1.96. The molecule has 0 rings (SSSR count). The lowest BCUT2D eigenvalue weighted by Crippen LogP contribution is -2.31. The Hall–Kier alpha value is -1.36. The average molecular weight is 271 g/mol. The van der Waals surface area contributed by atoms with Crippen LogP contribution in [0, 0.1) is 0 Å². The Morgan fingerprint density at radius 1 is 1.00 bits per heavy atom. The smallest absolute Gasteiger partial charge is 0.321 e. The van der Waals surface area contributed by atoms with Crippen LogP contribution >= 0.6 is 12.6 Å². The maximum absolute atomic E-state index is 9.76. The van der Waals surface area contributed by atoms with E-state index in [-0.39, 0.29) is 18.8 Å². The second-order valence-electron chi connectivity index (χ2n) is 2.32. The summed E-state index contributed by atoms with van der Waals surface area (Å²) < 4.78 is 0. The van der Waals surface area contributed by atoms with E-state index in [1.807, 2.05) is 0 Å². The van der Waals surface area contributed by atoms with E-state index >= 15 is 0 Å². The third-order valence-corrected chi connectivity index (χ3v) is 1.26. The molecular weight excluding hydrogens is 254 g/mol. The van der Waals surface area contributed by atoms with Gasteiger partial charge in [-0.25, -0.2) is 0 Å². The predicted molar refractivity (Wildman–Crippen MR) is 62.8 cm³/mol. The Kier molecular flexibility index (Phi) is 18.1. The lowest BCUT2D eigenvalue weighted by molar-refractivity contribution is -0.138. The van der Waals surface area contributed by atoms with E-state index in [1.54, 1.807) is 0 Å². The number of carboxylic acid groups (broad SMARTS) is 3. The Labute approximate surface area is 103 Å². The SMILES string of the molecule is NC(CS)C(=O)O.NCC(=O)O.NCC(=O)O. The predicted octanol–water partition coefficient (Wildman–Crippen LogP) is -2.61. The van der Waals surface area contributed by atoms with Crippen molar-refractivity contribution in [1.82, 2.24) is 0 Å². The van der Waals surface area contributed by atoms with Crippen LogP contribution in [-0.4, -0.2) is 58.1 Å². The van der Waals surface area contributed by atoms with Gasteiger partial charge >= 0.3 is 17.9 Å². The minimum Gasteiger partial charge on any atom is -0.480 e. The van der Waals surface area contributed by atoms with E-state index in [9.17, 15) is 14.4 Å². The molecule has 0 aliphatic heterocycles. The van der Waals surface area contributed by atoms with Gasteiger partial charge in [-0.15, -0.1) is 0 Å². The van der Waals surface area contributed by atoms with Gasteiger partial charge in [0.05, 0.1) is 13.1 Å². The highest BCUT2D eigenvalue weighted by atomic mass is 32.1. The molecule has 0 aliphatic rings. The fourth-order valence-corrected chi connectivity index (χ4v) is 0.234. The molecule has 17 heavy (non-hydrogen) atoms. The summed E-state index contributed by atoms with van der Waals surface area (Å²) in [7, 11) is 0. The van der Waals surface area contributed by atoms with Crippen molar-refractivity contribution in [2.45, 2.75) is 6.04 Å². The molecule has 0 fully saturated rings. The highest BCUT2D eigenvalue weighted by Gasteiger charge is 2.06. The van der Waals surface area contributed by atoms with E-state index in [2.05, 4.69) is 24.1 Å².